The molecule has 1 aromatic heterocycles. The predicted molar refractivity (Wildman–Crippen MR) is 104 cm³/mol. The number of nitrogens with zero attached hydrogens (tertiary/aromatic N) is 3. The van der Waals surface area contributed by atoms with Crippen LogP contribution in [0.4, 0.5) is 15.8 Å². The van der Waals surface area contributed by atoms with E-state index in [1.807, 2.05) is 17.0 Å². The van der Waals surface area contributed by atoms with Gasteiger partial charge in [0.2, 0.25) is 11.8 Å². The molecule has 4 rings (SSSR count). The summed E-state index contributed by atoms with van der Waals surface area (Å²) in [7, 11) is 0. The van der Waals surface area contributed by atoms with Crippen LogP contribution in [-0.2, 0) is 16.1 Å². The molecule has 6 nitrogen and oxygen atoms in total. The normalized spacial score (nSPS) is 19.3. The molecule has 2 aromatic rings. The quantitative estimate of drug-likeness (QED) is 0.864. The SMILES string of the molecule is O=C(Nc1ccc(N2CCCC2)c(F)c1)[C@@H]1CC(=O)N(Cc2ccncc2)C1. The standard InChI is InChI=1S/C21H23FN4O2/c22-18-12-17(3-4-19(18)25-9-1-2-10-25)24-21(28)16-11-20(27)26(14-16)13-15-5-7-23-8-6-15/h3-8,12,16H,1-2,9-11,13-14H2,(H,24,28)/t16-/m1/s1. The van der Waals surface area contributed by atoms with Crippen molar-refractivity contribution in [2.24, 2.45) is 5.92 Å². The number of anilines is 2. The topological polar surface area (TPSA) is 65.5 Å². The zero-order valence-electron chi connectivity index (χ0n) is 15.6. The molecule has 146 valence electrons. The maximum atomic E-state index is 14.4. The molecule has 1 atom stereocenters. The van der Waals surface area contributed by atoms with E-state index in [1.54, 1.807) is 29.4 Å². The highest BCUT2D eigenvalue weighted by molar-refractivity contribution is 5.97. The summed E-state index contributed by atoms with van der Waals surface area (Å²) in [4.78, 5) is 32.5. The number of hydrogen-bond acceptors (Lipinski definition) is 4. The number of carbonyl (C=O) groups is 2. The Morgan fingerprint density at radius 1 is 1.18 bits per heavy atom. The molecule has 2 amide bonds. The van der Waals surface area contributed by atoms with Gasteiger partial charge in [-0.1, -0.05) is 0 Å². The van der Waals surface area contributed by atoms with E-state index in [2.05, 4.69) is 10.3 Å². The van der Waals surface area contributed by atoms with Crippen LogP contribution in [0, 0.1) is 11.7 Å². The molecule has 28 heavy (non-hydrogen) atoms. The lowest BCUT2D eigenvalue weighted by atomic mass is 10.1. The molecule has 0 saturated carbocycles. The predicted octanol–water partition coefficient (Wildman–Crippen LogP) is 2.81. The van der Waals surface area contributed by atoms with E-state index in [0.29, 0.717) is 24.5 Å². The van der Waals surface area contributed by atoms with Crippen molar-refractivity contribution in [2.75, 3.05) is 29.9 Å². The molecule has 0 spiro atoms. The average molecular weight is 382 g/mol. The number of nitrogens with one attached hydrogen (secondary N) is 1. The lowest BCUT2D eigenvalue weighted by molar-refractivity contribution is -0.128. The van der Waals surface area contributed by atoms with Crippen molar-refractivity contribution in [1.29, 1.82) is 0 Å². The molecule has 1 aromatic carbocycles. The number of amides is 2. The fourth-order valence-electron chi connectivity index (χ4n) is 3.85. The number of benzene rings is 1. The highest BCUT2D eigenvalue weighted by Crippen LogP contribution is 2.27. The second-order valence-electron chi connectivity index (χ2n) is 7.38. The molecule has 0 aliphatic carbocycles. The molecular formula is C21H23FN4O2. The van der Waals surface area contributed by atoms with Gasteiger partial charge in [-0.25, -0.2) is 4.39 Å². The molecule has 2 saturated heterocycles. The van der Waals surface area contributed by atoms with Gasteiger partial charge in [0.25, 0.3) is 0 Å². The number of carbonyl (C=O) groups excluding carboxylic acids is 2. The number of halogens is 1. The smallest absolute Gasteiger partial charge is 0.229 e. The minimum Gasteiger partial charge on any atom is -0.369 e. The second-order valence-corrected chi connectivity index (χ2v) is 7.38. The zero-order chi connectivity index (χ0) is 19.5. The van der Waals surface area contributed by atoms with Gasteiger partial charge in [0.05, 0.1) is 11.6 Å². The van der Waals surface area contributed by atoms with Crippen molar-refractivity contribution in [3.05, 3.63) is 54.1 Å². The summed E-state index contributed by atoms with van der Waals surface area (Å²) in [6, 6.07) is 8.50. The van der Waals surface area contributed by atoms with E-state index < -0.39 is 5.92 Å². The molecule has 2 fully saturated rings. The third kappa shape index (κ3) is 3.98. The van der Waals surface area contributed by atoms with Crippen LogP contribution in [0.3, 0.4) is 0 Å². The Hall–Kier alpha value is -2.96. The van der Waals surface area contributed by atoms with Gasteiger partial charge in [0.1, 0.15) is 5.82 Å². The Bertz CT molecular complexity index is 868. The Morgan fingerprint density at radius 3 is 2.64 bits per heavy atom. The van der Waals surface area contributed by atoms with Crippen LogP contribution in [0.2, 0.25) is 0 Å². The first kappa shape index (κ1) is 18.4. The number of hydrogen-bond donors (Lipinski definition) is 1. The number of pyridine rings is 1. The van der Waals surface area contributed by atoms with Crippen LogP contribution in [0.5, 0.6) is 0 Å². The van der Waals surface area contributed by atoms with Crippen LogP contribution in [0.15, 0.2) is 42.7 Å². The minimum atomic E-state index is -0.435. The van der Waals surface area contributed by atoms with Crippen LogP contribution in [0.1, 0.15) is 24.8 Å². The van der Waals surface area contributed by atoms with Gasteiger partial charge in [-0.15, -0.1) is 0 Å². The maximum Gasteiger partial charge on any atom is 0.229 e. The third-order valence-electron chi connectivity index (χ3n) is 5.37. The Labute approximate surface area is 163 Å². The Kier molecular flexibility index (Phi) is 5.23. The summed E-state index contributed by atoms with van der Waals surface area (Å²) in [5.74, 6) is -1.07. The molecular weight excluding hydrogens is 359 g/mol. The van der Waals surface area contributed by atoms with Gasteiger partial charge in [0, 0.05) is 50.7 Å². The first-order valence-corrected chi connectivity index (χ1v) is 9.62. The lowest BCUT2D eigenvalue weighted by Crippen LogP contribution is -2.28. The minimum absolute atomic E-state index is 0.0486. The van der Waals surface area contributed by atoms with E-state index in [4.69, 9.17) is 0 Å². The number of rotatable bonds is 5. The van der Waals surface area contributed by atoms with Gasteiger partial charge < -0.3 is 15.1 Å². The maximum absolute atomic E-state index is 14.4. The third-order valence-corrected chi connectivity index (χ3v) is 5.37. The van der Waals surface area contributed by atoms with E-state index >= 15 is 0 Å². The zero-order valence-corrected chi connectivity index (χ0v) is 15.6. The fraction of sp³-hybridized carbons (Fsp3) is 0.381. The highest BCUT2D eigenvalue weighted by Gasteiger charge is 2.34. The van der Waals surface area contributed by atoms with Crippen LogP contribution < -0.4 is 10.2 Å². The van der Waals surface area contributed by atoms with Gasteiger partial charge in [-0.05, 0) is 48.7 Å². The summed E-state index contributed by atoms with van der Waals surface area (Å²) in [6.45, 7) is 2.55. The average Bonchev–Trinajstić information content (AvgIpc) is 3.33. The van der Waals surface area contributed by atoms with Crippen molar-refractivity contribution in [1.82, 2.24) is 9.88 Å². The van der Waals surface area contributed by atoms with Crippen molar-refractivity contribution in [3.8, 4) is 0 Å². The fourth-order valence-corrected chi connectivity index (χ4v) is 3.85. The monoisotopic (exact) mass is 382 g/mol. The van der Waals surface area contributed by atoms with E-state index in [-0.39, 0.29) is 24.1 Å². The lowest BCUT2D eigenvalue weighted by Gasteiger charge is -2.19. The van der Waals surface area contributed by atoms with Crippen molar-refractivity contribution in [3.63, 3.8) is 0 Å². The molecule has 3 heterocycles. The Morgan fingerprint density at radius 2 is 1.93 bits per heavy atom. The van der Waals surface area contributed by atoms with Crippen molar-refractivity contribution < 1.29 is 14.0 Å². The molecule has 0 unspecified atom stereocenters. The van der Waals surface area contributed by atoms with Crippen LogP contribution in [-0.4, -0.2) is 41.3 Å². The summed E-state index contributed by atoms with van der Waals surface area (Å²) in [5, 5.41) is 2.76. The first-order chi connectivity index (χ1) is 13.6. The van der Waals surface area contributed by atoms with Gasteiger partial charge >= 0.3 is 0 Å². The number of aromatic nitrogens is 1. The van der Waals surface area contributed by atoms with Gasteiger partial charge in [-0.2, -0.15) is 0 Å². The summed E-state index contributed by atoms with van der Waals surface area (Å²) in [5.41, 5.74) is 1.98. The van der Waals surface area contributed by atoms with Crippen LogP contribution >= 0.6 is 0 Å². The van der Waals surface area contributed by atoms with Gasteiger partial charge in [0.15, 0.2) is 0 Å². The molecule has 7 heteroatoms. The molecule has 1 N–H and O–H groups in total. The molecule has 0 radical (unpaired) electrons. The summed E-state index contributed by atoms with van der Waals surface area (Å²) < 4.78 is 14.4. The Balaban J connectivity index is 1.37. The van der Waals surface area contributed by atoms with Gasteiger partial charge in [-0.3, -0.25) is 14.6 Å². The highest BCUT2D eigenvalue weighted by atomic mass is 19.1. The first-order valence-electron chi connectivity index (χ1n) is 9.62. The molecule has 2 aliphatic heterocycles. The summed E-state index contributed by atoms with van der Waals surface area (Å²) in [6.07, 6.45) is 5.68. The van der Waals surface area contributed by atoms with E-state index in [0.717, 1.165) is 31.5 Å². The van der Waals surface area contributed by atoms with Crippen molar-refractivity contribution in [2.45, 2.75) is 25.8 Å². The number of likely N-dealkylation sites (tertiary alicyclic amines) is 1. The van der Waals surface area contributed by atoms with Crippen molar-refractivity contribution >= 4 is 23.2 Å². The largest absolute Gasteiger partial charge is 0.369 e. The van der Waals surface area contributed by atoms with E-state index in [9.17, 15) is 14.0 Å². The molecule has 0 bridgehead atoms. The van der Waals surface area contributed by atoms with E-state index in [1.165, 1.54) is 6.07 Å². The van der Waals surface area contributed by atoms with Crippen LogP contribution in [0.25, 0.3) is 0 Å². The summed E-state index contributed by atoms with van der Waals surface area (Å²) >= 11 is 0. The second kappa shape index (κ2) is 7.96. The molecule has 2 aliphatic rings.